The zero-order chi connectivity index (χ0) is 26.2. The lowest BCUT2D eigenvalue weighted by Gasteiger charge is -2.30. The number of rotatable bonds is 6. The van der Waals surface area contributed by atoms with Crippen molar-refractivity contribution in [2.75, 3.05) is 26.7 Å². The first-order valence-electron chi connectivity index (χ1n) is 10.9. The van der Waals surface area contributed by atoms with E-state index in [1.54, 1.807) is 0 Å². The summed E-state index contributed by atoms with van der Waals surface area (Å²) in [4.78, 5) is 22.9. The van der Waals surface area contributed by atoms with Gasteiger partial charge in [0.15, 0.2) is 6.10 Å². The van der Waals surface area contributed by atoms with Crippen molar-refractivity contribution in [3.05, 3.63) is 69.7 Å². The number of carbonyl (C=O) groups is 2. The molecule has 2 N–H and O–H groups in total. The van der Waals surface area contributed by atoms with E-state index in [9.17, 15) is 18.0 Å². The van der Waals surface area contributed by atoms with Gasteiger partial charge in [0.2, 0.25) is 0 Å². The molecular weight excluding hydrogens is 508 g/mol. The first-order valence-corrected chi connectivity index (χ1v) is 11.6. The van der Waals surface area contributed by atoms with Crippen molar-refractivity contribution in [3.8, 4) is 0 Å². The number of morpholine rings is 1. The van der Waals surface area contributed by atoms with Crippen LogP contribution in [0.4, 0.5) is 13.2 Å². The van der Waals surface area contributed by atoms with Gasteiger partial charge in [-0.1, -0.05) is 47.5 Å². The average Bonchev–Trinajstić information content (AvgIpc) is 2.79. The normalized spacial score (nSPS) is 19.6. The van der Waals surface area contributed by atoms with Crippen LogP contribution in [0, 0.1) is 0 Å². The number of hydrogen-bond donors (Lipinski definition) is 2. The maximum absolute atomic E-state index is 12.8. The zero-order valence-electron chi connectivity index (χ0n) is 19.2. The lowest BCUT2D eigenvalue weighted by atomic mass is 9.86. The zero-order valence-corrected chi connectivity index (χ0v) is 20.7. The SMILES string of the molecule is C[C@@H](NC(=O)C1C[NH+](C)CCO1)[C@H](Cc1ccc(Cl)cc1)c1ccc(Cl)cc1.O=C([O-])C(F)(F)F. The summed E-state index contributed by atoms with van der Waals surface area (Å²) in [6.07, 6.45) is -4.80. The number of carboxylic acid groups (broad SMARTS) is 1. The maximum Gasteiger partial charge on any atom is 0.430 e. The second-order valence-corrected chi connectivity index (χ2v) is 9.21. The molecule has 1 aliphatic heterocycles. The molecule has 1 saturated heterocycles. The van der Waals surface area contributed by atoms with Crippen LogP contribution in [0.3, 0.4) is 0 Å². The van der Waals surface area contributed by atoms with Crippen LogP contribution in [0.15, 0.2) is 48.5 Å². The fraction of sp³-hybridized carbons (Fsp3) is 0.417. The fourth-order valence-corrected chi connectivity index (χ4v) is 3.86. The van der Waals surface area contributed by atoms with Gasteiger partial charge in [-0.15, -0.1) is 0 Å². The molecule has 1 heterocycles. The van der Waals surface area contributed by atoms with Crippen molar-refractivity contribution >= 4 is 35.1 Å². The molecule has 0 spiro atoms. The van der Waals surface area contributed by atoms with Crippen molar-refractivity contribution in [2.45, 2.75) is 37.6 Å². The standard InChI is InChI=1S/C22H26Cl2N2O2.C2HF3O2/c1-15(25-22(27)21-14-26(2)11-12-28-21)20(17-5-9-19(24)10-6-17)13-16-3-7-18(23)8-4-16;3-2(4,5)1(6)7/h3-10,15,20-21H,11-14H2,1-2H3,(H,25,27);(H,6,7)/t15-,20+,21?;/m1./s1. The predicted octanol–water partition coefficient (Wildman–Crippen LogP) is 2.04. The molecular formula is C24H27Cl2F3N2O4. The van der Waals surface area contributed by atoms with E-state index in [-0.39, 0.29) is 17.9 Å². The molecule has 0 saturated carbocycles. The van der Waals surface area contributed by atoms with E-state index < -0.39 is 18.2 Å². The molecule has 1 amide bonds. The molecule has 2 aromatic carbocycles. The van der Waals surface area contributed by atoms with Gasteiger partial charge in [-0.3, -0.25) is 4.79 Å². The number of likely N-dealkylation sites (N-methyl/N-ethyl adjacent to an activating group) is 1. The summed E-state index contributed by atoms with van der Waals surface area (Å²) in [7, 11) is 2.09. The minimum atomic E-state index is -5.19. The molecule has 0 aromatic heterocycles. The average molecular weight is 535 g/mol. The molecule has 1 aliphatic rings. The Morgan fingerprint density at radius 1 is 1.11 bits per heavy atom. The van der Waals surface area contributed by atoms with Crippen LogP contribution in [-0.4, -0.2) is 56.9 Å². The van der Waals surface area contributed by atoms with E-state index in [1.807, 2.05) is 55.5 Å². The summed E-state index contributed by atoms with van der Waals surface area (Å²) < 4.78 is 37.2. The second kappa shape index (κ2) is 13.1. The van der Waals surface area contributed by atoms with Gasteiger partial charge in [0.05, 0.1) is 13.7 Å². The summed E-state index contributed by atoms with van der Waals surface area (Å²) in [5.41, 5.74) is 2.31. The van der Waals surface area contributed by atoms with Gasteiger partial charge in [-0.05, 0) is 48.7 Å². The Labute approximate surface area is 212 Å². The predicted molar refractivity (Wildman–Crippen MR) is 124 cm³/mol. The summed E-state index contributed by atoms with van der Waals surface area (Å²) in [5, 5.41) is 13.4. The van der Waals surface area contributed by atoms with Crippen LogP contribution < -0.4 is 15.3 Å². The molecule has 0 bridgehead atoms. The van der Waals surface area contributed by atoms with Crippen molar-refractivity contribution in [3.63, 3.8) is 0 Å². The quantitative estimate of drug-likeness (QED) is 0.594. The highest BCUT2D eigenvalue weighted by atomic mass is 35.5. The molecule has 192 valence electrons. The number of nitrogens with one attached hydrogen (secondary N) is 2. The van der Waals surface area contributed by atoms with Crippen LogP contribution in [0.2, 0.25) is 10.0 Å². The number of ether oxygens (including phenoxy) is 1. The van der Waals surface area contributed by atoms with Crippen LogP contribution in [0.25, 0.3) is 0 Å². The highest BCUT2D eigenvalue weighted by molar-refractivity contribution is 6.30. The molecule has 35 heavy (non-hydrogen) atoms. The molecule has 2 aromatic rings. The van der Waals surface area contributed by atoms with E-state index in [2.05, 4.69) is 12.4 Å². The highest BCUT2D eigenvalue weighted by Gasteiger charge is 2.31. The molecule has 3 rings (SSSR count). The molecule has 0 radical (unpaired) electrons. The van der Waals surface area contributed by atoms with Crippen LogP contribution >= 0.6 is 23.2 Å². The number of halogens is 5. The summed E-state index contributed by atoms with van der Waals surface area (Å²) in [5.74, 6) is -2.94. The number of aliphatic carboxylic acids is 1. The highest BCUT2D eigenvalue weighted by Crippen LogP contribution is 2.27. The largest absolute Gasteiger partial charge is 0.542 e. The van der Waals surface area contributed by atoms with Crippen LogP contribution in [0.1, 0.15) is 24.0 Å². The minimum Gasteiger partial charge on any atom is -0.542 e. The third-order valence-electron chi connectivity index (χ3n) is 5.55. The van der Waals surface area contributed by atoms with Gasteiger partial charge in [-0.25, -0.2) is 0 Å². The molecule has 0 aliphatic carbocycles. The second-order valence-electron chi connectivity index (χ2n) is 8.34. The summed E-state index contributed by atoms with van der Waals surface area (Å²) in [6.45, 7) is 4.29. The van der Waals surface area contributed by atoms with Crippen molar-refractivity contribution in [1.82, 2.24) is 5.32 Å². The molecule has 11 heteroatoms. The third-order valence-corrected chi connectivity index (χ3v) is 6.05. The molecule has 1 fully saturated rings. The number of amides is 1. The Bertz CT molecular complexity index is 972. The first-order chi connectivity index (χ1) is 16.4. The smallest absolute Gasteiger partial charge is 0.430 e. The number of carboxylic acids is 1. The molecule has 6 nitrogen and oxygen atoms in total. The fourth-order valence-electron chi connectivity index (χ4n) is 3.61. The van der Waals surface area contributed by atoms with Crippen molar-refractivity contribution < 1.29 is 37.5 Å². The number of alkyl halides is 3. The van der Waals surface area contributed by atoms with E-state index in [0.29, 0.717) is 23.2 Å². The van der Waals surface area contributed by atoms with E-state index in [0.717, 1.165) is 18.5 Å². The van der Waals surface area contributed by atoms with Crippen molar-refractivity contribution in [2.24, 2.45) is 0 Å². The molecule has 2 unspecified atom stereocenters. The number of benzene rings is 2. The Hall–Kier alpha value is -2.33. The summed E-state index contributed by atoms with van der Waals surface area (Å²) >= 11 is 12.1. The van der Waals surface area contributed by atoms with E-state index in [1.165, 1.54) is 10.5 Å². The van der Waals surface area contributed by atoms with Gasteiger partial charge in [0.1, 0.15) is 19.1 Å². The van der Waals surface area contributed by atoms with Crippen molar-refractivity contribution in [1.29, 1.82) is 0 Å². The number of quaternary nitrogens is 1. The van der Waals surface area contributed by atoms with Crippen LogP contribution in [-0.2, 0) is 20.7 Å². The van der Waals surface area contributed by atoms with E-state index in [4.69, 9.17) is 37.8 Å². The Balaban J connectivity index is 0.000000540. The Morgan fingerprint density at radius 3 is 2.11 bits per heavy atom. The number of hydrogen-bond acceptors (Lipinski definition) is 4. The van der Waals surface area contributed by atoms with Gasteiger partial charge < -0.3 is 24.9 Å². The van der Waals surface area contributed by atoms with Gasteiger partial charge in [-0.2, -0.15) is 13.2 Å². The monoisotopic (exact) mass is 534 g/mol. The topological polar surface area (TPSA) is 82.9 Å². The first kappa shape index (κ1) is 28.9. The van der Waals surface area contributed by atoms with Gasteiger partial charge in [0.25, 0.3) is 5.91 Å². The lowest BCUT2D eigenvalue weighted by molar-refractivity contribution is -0.890. The third kappa shape index (κ3) is 9.68. The Morgan fingerprint density at radius 2 is 1.63 bits per heavy atom. The lowest BCUT2D eigenvalue weighted by Crippen LogP contribution is -3.12. The Kier molecular flexibility index (Phi) is 10.8. The van der Waals surface area contributed by atoms with Crippen LogP contribution in [0.5, 0.6) is 0 Å². The van der Waals surface area contributed by atoms with Gasteiger partial charge in [0, 0.05) is 22.0 Å². The summed E-state index contributed by atoms with van der Waals surface area (Å²) in [6, 6.07) is 15.6. The molecule has 4 atom stereocenters. The maximum atomic E-state index is 12.8. The minimum absolute atomic E-state index is 0.0402. The number of carbonyl (C=O) groups excluding carboxylic acids is 2. The van der Waals surface area contributed by atoms with Gasteiger partial charge >= 0.3 is 6.18 Å². The van der Waals surface area contributed by atoms with E-state index >= 15 is 0 Å².